The number of H-pyrrole nitrogens is 1. The zero-order chi connectivity index (χ0) is 16.9. The molecule has 24 heavy (non-hydrogen) atoms. The number of aromatic nitrogens is 2. The number of hydrogen-bond donors (Lipinski definition) is 3. The van der Waals surface area contributed by atoms with Crippen LogP contribution in [0.1, 0.15) is 29.8 Å². The van der Waals surface area contributed by atoms with Gasteiger partial charge in [0.15, 0.2) is 5.82 Å². The quantitative estimate of drug-likeness (QED) is 0.785. The molecule has 0 bridgehead atoms. The monoisotopic (exact) mass is 327 g/mol. The Morgan fingerprint density at radius 2 is 2.21 bits per heavy atom. The van der Waals surface area contributed by atoms with Crippen molar-refractivity contribution in [2.75, 3.05) is 32.4 Å². The molecule has 1 saturated heterocycles. The summed E-state index contributed by atoms with van der Waals surface area (Å²) in [7, 11) is 2.16. The third-order valence-electron chi connectivity index (χ3n) is 4.64. The van der Waals surface area contributed by atoms with Gasteiger partial charge in [0.25, 0.3) is 5.91 Å². The largest absolute Gasteiger partial charge is 0.382 e. The van der Waals surface area contributed by atoms with E-state index in [0.29, 0.717) is 29.5 Å². The molecule has 1 amide bonds. The topological polar surface area (TPSA) is 87.0 Å². The lowest BCUT2D eigenvalue weighted by Crippen LogP contribution is -2.34. The average molecular weight is 327 g/mol. The van der Waals surface area contributed by atoms with Crippen molar-refractivity contribution in [2.45, 2.75) is 19.3 Å². The lowest BCUT2D eigenvalue weighted by molar-refractivity contribution is 0.0944. The van der Waals surface area contributed by atoms with E-state index in [9.17, 15) is 4.79 Å². The molecule has 1 aliphatic heterocycles. The molecule has 0 spiro atoms. The number of carbonyl (C=O) groups is 1. The first kappa shape index (κ1) is 16.5. The molecule has 3 rings (SSSR count). The van der Waals surface area contributed by atoms with Crippen LogP contribution < -0.4 is 11.1 Å². The van der Waals surface area contributed by atoms with Crippen LogP contribution in [0.25, 0.3) is 11.1 Å². The number of rotatable bonds is 5. The molecule has 2 heterocycles. The summed E-state index contributed by atoms with van der Waals surface area (Å²) in [4.78, 5) is 14.9. The first-order valence-electron chi connectivity index (χ1n) is 8.51. The number of carbonyl (C=O) groups excluding carboxylic acids is 1. The summed E-state index contributed by atoms with van der Waals surface area (Å²) in [5.41, 5.74) is 7.94. The van der Waals surface area contributed by atoms with E-state index >= 15 is 0 Å². The summed E-state index contributed by atoms with van der Waals surface area (Å²) in [5.74, 6) is 0.854. The van der Waals surface area contributed by atoms with Gasteiger partial charge in [-0.1, -0.05) is 30.3 Å². The lowest BCUT2D eigenvalue weighted by atomic mass is 9.95. The fourth-order valence-corrected chi connectivity index (χ4v) is 3.40. The van der Waals surface area contributed by atoms with Gasteiger partial charge in [-0.15, -0.1) is 0 Å². The molecule has 1 fully saturated rings. The molecule has 1 aliphatic rings. The molecule has 0 unspecified atom stereocenters. The molecular weight excluding hydrogens is 302 g/mol. The van der Waals surface area contributed by atoms with Gasteiger partial charge in [0.1, 0.15) is 5.69 Å². The summed E-state index contributed by atoms with van der Waals surface area (Å²) < 4.78 is 0. The Morgan fingerprint density at radius 3 is 2.96 bits per heavy atom. The van der Waals surface area contributed by atoms with Crippen LogP contribution in [0.15, 0.2) is 30.3 Å². The number of likely N-dealkylation sites (tertiary alicyclic amines) is 1. The Kier molecular flexibility index (Phi) is 5.15. The fraction of sp³-hybridized carbons (Fsp3) is 0.444. The molecule has 1 aromatic heterocycles. The second-order valence-electron chi connectivity index (χ2n) is 6.54. The van der Waals surface area contributed by atoms with Crippen LogP contribution in [0.2, 0.25) is 0 Å². The Bertz CT molecular complexity index is 682. The SMILES string of the molecule is CN1CCC[C@H](CCNC(=O)c2[nH]nc(N)c2-c2ccccc2)C1. The molecule has 1 aromatic carbocycles. The minimum atomic E-state index is -0.151. The van der Waals surface area contributed by atoms with Crippen LogP contribution in [0.4, 0.5) is 5.82 Å². The van der Waals surface area contributed by atoms with Gasteiger partial charge < -0.3 is 16.0 Å². The van der Waals surface area contributed by atoms with Crippen LogP contribution in [-0.4, -0.2) is 47.7 Å². The summed E-state index contributed by atoms with van der Waals surface area (Å²) in [5, 5.41) is 9.78. The van der Waals surface area contributed by atoms with Crippen molar-refractivity contribution in [1.82, 2.24) is 20.4 Å². The number of benzene rings is 1. The molecule has 0 aliphatic carbocycles. The van der Waals surface area contributed by atoms with E-state index in [0.717, 1.165) is 18.5 Å². The van der Waals surface area contributed by atoms with Crippen molar-refractivity contribution >= 4 is 11.7 Å². The van der Waals surface area contributed by atoms with Gasteiger partial charge in [-0.3, -0.25) is 9.89 Å². The number of amides is 1. The smallest absolute Gasteiger partial charge is 0.270 e. The Morgan fingerprint density at radius 1 is 1.42 bits per heavy atom. The van der Waals surface area contributed by atoms with Gasteiger partial charge in [0.05, 0.1) is 5.56 Å². The number of anilines is 1. The number of aromatic amines is 1. The Balaban J connectivity index is 1.62. The van der Waals surface area contributed by atoms with Crippen LogP contribution in [0, 0.1) is 5.92 Å². The van der Waals surface area contributed by atoms with Crippen molar-refractivity contribution in [3.8, 4) is 11.1 Å². The van der Waals surface area contributed by atoms with Gasteiger partial charge >= 0.3 is 0 Å². The highest BCUT2D eigenvalue weighted by molar-refractivity contribution is 6.01. The summed E-state index contributed by atoms with van der Waals surface area (Å²) in [6.07, 6.45) is 3.48. The fourth-order valence-electron chi connectivity index (χ4n) is 3.40. The number of nitrogens with zero attached hydrogens (tertiary/aromatic N) is 2. The molecular formula is C18H25N5O. The number of nitrogens with two attached hydrogens (primary N) is 1. The standard InChI is InChI=1S/C18H25N5O/c1-23-11-5-6-13(12-23)9-10-20-18(24)16-15(17(19)22-21-16)14-7-3-2-4-8-14/h2-4,7-8,13H,5-6,9-12H2,1H3,(H,20,24)(H3,19,21,22)/t13-/m1/s1. The maximum absolute atomic E-state index is 12.5. The Hall–Kier alpha value is -2.34. The Labute approximate surface area is 142 Å². The van der Waals surface area contributed by atoms with E-state index in [1.807, 2.05) is 30.3 Å². The lowest BCUT2D eigenvalue weighted by Gasteiger charge is -2.29. The first-order chi connectivity index (χ1) is 11.6. The van der Waals surface area contributed by atoms with E-state index in [2.05, 4.69) is 27.5 Å². The average Bonchev–Trinajstić information content (AvgIpc) is 2.97. The second-order valence-corrected chi connectivity index (χ2v) is 6.54. The first-order valence-corrected chi connectivity index (χ1v) is 8.51. The molecule has 6 nitrogen and oxygen atoms in total. The van der Waals surface area contributed by atoms with Gasteiger partial charge in [-0.05, 0) is 44.3 Å². The van der Waals surface area contributed by atoms with E-state index < -0.39 is 0 Å². The summed E-state index contributed by atoms with van der Waals surface area (Å²) in [6, 6.07) is 9.62. The number of nitrogens with one attached hydrogen (secondary N) is 2. The zero-order valence-electron chi connectivity index (χ0n) is 14.1. The third-order valence-corrected chi connectivity index (χ3v) is 4.64. The van der Waals surface area contributed by atoms with Crippen LogP contribution >= 0.6 is 0 Å². The predicted molar refractivity (Wildman–Crippen MR) is 95.6 cm³/mol. The van der Waals surface area contributed by atoms with Gasteiger partial charge in [0, 0.05) is 13.1 Å². The van der Waals surface area contributed by atoms with Crippen LogP contribution in [0.3, 0.4) is 0 Å². The molecule has 6 heteroatoms. The normalized spacial score (nSPS) is 18.5. The highest BCUT2D eigenvalue weighted by Crippen LogP contribution is 2.27. The number of hydrogen-bond acceptors (Lipinski definition) is 4. The van der Waals surface area contributed by atoms with Crippen LogP contribution in [-0.2, 0) is 0 Å². The third kappa shape index (κ3) is 3.76. The van der Waals surface area contributed by atoms with E-state index in [4.69, 9.17) is 5.73 Å². The summed E-state index contributed by atoms with van der Waals surface area (Å²) >= 11 is 0. The van der Waals surface area contributed by atoms with Crippen molar-refractivity contribution in [3.63, 3.8) is 0 Å². The minimum absolute atomic E-state index is 0.151. The molecule has 0 radical (unpaired) electrons. The van der Waals surface area contributed by atoms with Crippen molar-refractivity contribution in [3.05, 3.63) is 36.0 Å². The van der Waals surface area contributed by atoms with E-state index in [-0.39, 0.29) is 5.91 Å². The molecule has 1 atom stereocenters. The maximum atomic E-state index is 12.5. The van der Waals surface area contributed by atoms with E-state index in [1.165, 1.54) is 19.4 Å². The van der Waals surface area contributed by atoms with E-state index in [1.54, 1.807) is 0 Å². The van der Waals surface area contributed by atoms with Gasteiger partial charge in [-0.25, -0.2) is 0 Å². The van der Waals surface area contributed by atoms with Crippen molar-refractivity contribution < 1.29 is 4.79 Å². The molecule has 0 saturated carbocycles. The zero-order valence-corrected chi connectivity index (χ0v) is 14.1. The summed E-state index contributed by atoms with van der Waals surface area (Å²) in [6.45, 7) is 2.96. The molecule has 4 N–H and O–H groups in total. The van der Waals surface area contributed by atoms with Crippen LogP contribution in [0.5, 0.6) is 0 Å². The molecule has 128 valence electrons. The predicted octanol–water partition coefficient (Wildman–Crippen LogP) is 2.12. The van der Waals surface area contributed by atoms with Crippen molar-refractivity contribution in [2.24, 2.45) is 5.92 Å². The number of nitrogen functional groups attached to an aromatic ring is 1. The molecule has 2 aromatic rings. The maximum Gasteiger partial charge on any atom is 0.270 e. The highest BCUT2D eigenvalue weighted by Gasteiger charge is 2.20. The minimum Gasteiger partial charge on any atom is -0.382 e. The van der Waals surface area contributed by atoms with Crippen molar-refractivity contribution in [1.29, 1.82) is 0 Å². The van der Waals surface area contributed by atoms with Gasteiger partial charge in [0.2, 0.25) is 0 Å². The van der Waals surface area contributed by atoms with Gasteiger partial charge in [-0.2, -0.15) is 5.10 Å². The number of piperidine rings is 1. The second kappa shape index (κ2) is 7.49. The highest BCUT2D eigenvalue weighted by atomic mass is 16.1.